The van der Waals surface area contributed by atoms with Gasteiger partial charge in [0.25, 0.3) is 0 Å². The minimum Gasteiger partial charge on any atom is -0.496 e. The summed E-state index contributed by atoms with van der Waals surface area (Å²) in [4.78, 5) is 1.11. The monoisotopic (exact) mass is 279 g/mol. The van der Waals surface area contributed by atoms with E-state index in [-0.39, 0.29) is 0 Å². The standard InChI is InChI=1S/C14H14ClNOS/c1-17-12-4-3-5-13(18-2)14(12)10-8-9(15)6-7-11(10)16/h3-8H,16H2,1-2H3. The smallest absolute Gasteiger partial charge is 0.127 e. The molecule has 0 aromatic heterocycles. The van der Waals surface area contributed by atoms with E-state index in [2.05, 4.69) is 0 Å². The van der Waals surface area contributed by atoms with Crippen molar-refractivity contribution in [1.82, 2.24) is 0 Å². The van der Waals surface area contributed by atoms with Gasteiger partial charge >= 0.3 is 0 Å². The highest BCUT2D eigenvalue weighted by Gasteiger charge is 2.13. The van der Waals surface area contributed by atoms with Gasteiger partial charge in [-0.25, -0.2) is 0 Å². The molecule has 94 valence electrons. The first-order valence-corrected chi connectivity index (χ1v) is 7.04. The molecule has 2 rings (SSSR count). The molecule has 0 saturated carbocycles. The maximum Gasteiger partial charge on any atom is 0.127 e. The lowest BCUT2D eigenvalue weighted by Gasteiger charge is -2.14. The largest absolute Gasteiger partial charge is 0.496 e. The van der Waals surface area contributed by atoms with Gasteiger partial charge in [0.1, 0.15) is 5.75 Å². The molecule has 0 aliphatic rings. The lowest BCUT2D eigenvalue weighted by Crippen LogP contribution is -1.94. The highest BCUT2D eigenvalue weighted by molar-refractivity contribution is 7.98. The second-order valence-electron chi connectivity index (χ2n) is 3.77. The third-order valence-electron chi connectivity index (χ3n) is 2.71. The molecule has 0 fully saturated rings. The van der Waals surface area contributed by atoms with Crippen LogP contribution in [0.25, 0.3) is 11.1 Å². The van der Waals surface area contributed by atoms with Crippen LogP contribution in [0.2, 0.25) is 5.02 Å². The average Bonchev–Trinajstić information content (AvgIpc) is 2.40. The van der Waals surface area contributed by atoms with Crippen molar-refractivity contribution in [3.05, 3.63) is 41.4 Å². The van der Waals surface area contributed by atoms with Gasteiger partial charge in [0.2, 0.25) is 0 Å². The van der Waals surface area contributed by atoms with Crippen LogP contribution in [0.5, 0.6) is 5.75 Å². The van der Waals surface area contributed by atoms with Crippen molar-refractivity contribution in [3.63, 3.8) is 0 Å². The lowest BCUT2D eigenvalue weighted by atomic mass is 10.0. The molecule has 4 heteroatoms. The summed E-state index contributed by atoms with van der Waals surface area (Å²) >= 11 is 7.71. The number of benzene rings is 2. The summed E-state index contributed by atoms with van der Waals surface area (Å²) < 4.78 is 5.43. The zero-order chi connectivity index (χ0) is 13.1. The number of nitrogen functional groups attached to an aromatic ring is 1. The van der Waals surface area contributed by atoms with Crippen LogP contribution in [0.4, 0.5) is 5.69 Å². The number of halogens is 1. The van der Waals surface area contributed by atoms with Crippen LogP contribution in [0, 0.1) is 0 Å². The SMILES string of the molecule is COc1cccc(SC)c1-c1cc(Cl)ccc1N. The third kappa shape index (κ3) is 2.42. The fourth-order valence-electron chi connectivity index (χ4n) is 1.86. The van der Waals surface area contributed by atoms with Crippen molar-refractivity contribution < 1.29 is 4.74 Å². The van der Waals surface area contributed by atoms with Gasteiger partial charge in [-0.3, -0.25) is 0 Å². The van der Waals surface area contributed by atoms with Gasteiger partial charge in [-0.1, -0.05) is 17.7 Å². The van der Waals surface area contributed by atoms with Crippen LogP contribution in [0.15, 0.2) is 41.3 Å². The maximum atomic E-state index is 6.05. The van der Waals surface area contributed by atoms with E-state index in [1.54, 1.807) is 24.9 Å². The fourth-order valence-corrected chi connectivity index (χ4v) is 2.66. The summed E-state index contributed by atoms with van der Waals surface area (Å²) in [6.45, 7) is 0. The topological polar surface area (TPSA) is 35.2 Å². The van der Waals surface area contributed by atoms with Gasteiger partial charge in [-0.15, -0.1) is 11.8 Å². The van der Waals surface area contributed by atoms with E-state index >= 15 is 0 Å². The Kier molecular flexibility index (Phi) is 4.04. The number of rotatable bonds is 3. The van der Waals surface area contributed by atoms with E-state index in [9.17, 15) is 0 Å². The molecule has 0 atom stereocenters. The highest BCUT2D eigenvalue weighted by atomic mass is 35.5. The van der Waals surface area contributed by atoms with Crippen LogP contribution >= 0.6 is 23.4 Å². The van der Waals surface area contributed by atoms with E-state index in [0.717, 1.165) is 21.8 Å². The molecule has 0 unspecified atom stereocenters. The number of hydrogen-bond donors (Lipinski definition) is 1. The highest BCUT2D eigenvalue weighted by Crippen LogP contribution is 2.41. The second kappa shape index (κ2) is 5.55. The minimum absolute atomic E-state index is 0.664. The Hall–Kier alpha value is -1.32. The zero-order valence-corrected chi connectivity index (χ0v) is 11.8. The summed E-state index contributed by atoms with van der Waals surface area (Å²) in [6, 6.07) is 11.4. The molecule has 0 saturated heterocycles. The predicted octanol–water partition coefficient (Wildman–Crippen LogP) is 4.32. The number of ether oxygens (including phenoxy) is 1. The molecular weight excluding hydrogens is 266 g/mol. The van der Waals surface area contributed by atoms with Crippen molar-refractivity contribution in [3.8, 4) is 16.9 Å². The lowest BCUT2D eigenvalue weighted by molar-refractivity contribution is 0.415. The first-order chi connectivity index (χ1) is 8.67. The molecule has 18 heavy (non-hydrogen) atoms. The summed E-state index contributed by atoms with van der Waals surface area (Å²) in [5.41, 5.74) is 8.64. The number of anilines is 1. The quantitative estimate of drug-likeness (QED) is 0.671. The van der Waals surface area contributed by atoms with Gasteiger partial charge in [0.15, 0.2) is 0 Å². The van der Waals surface area contributed by atoms with Crippen molar-refractivity contribution in [2.75, 3.05) is 19.1 Å². The van der Waals surface area contributed by atoms with Crippen LogP contribution in [-0.2, 0) is 0 Å². The first-order valence-electron chi connectivity index (χ1n) is 5.43. The summed E-state index contributed by atoms with van der Waals surface area (Å²) in [5, 5.41) is 0.664. The second-order valence-corrected chi connectivity index (χ2v) is 5.05. The Bertz CT molecular complexity index is 549. The van der Waals surface area contributed by atoms with E-state index in [1.807, 2.05) is 36.6 Å². The molecule has 0 amide bonds. The molecule has 0 radical (unpaired) electrons. The fraction of sp³-hybridized carbons (Fsp3) is 0.143. The van der Waals surface area contributed by atoms with Crippen molar-refractivity contribution in [2.45, 2.75) is 4.90 Å². The number of thioether (sulfide) groups is 1. The Morgan fingerprint density at radius 3 is 2.67 bits per heavy atom. The van der Waals surface area contributed by atoms with Gasteiger partial charge in [0.05, 0.1) is 7.11 Å². The number of methoxy groups -OCH3 is 1. The van der Waals surface area contributed by atoms with Gasteiger partial charge in [-0.2, -0.15) is 0 Å². The molecule has 0 aliphatic carbocycles. The third-order valence-corrected chi connectivity index (χ3v) is 3.73. The molecule has 0 heterocycles. The average molecular weight is 280 g/mol. The van der Waals surface area contributed by atoms with Crippen molar-refractivity contribution in [1.29, 1.82) is 0 Å². The minimum atomic E-state index is 0.664. The Labute approximate surface area is 116 Å². The predicted molar refractivity (Wildman–Crippen MR) is 79.6 cm³/mol. The molecule has 2 aromatic carbocycles. The summed E-state index contributed by atoms with van der Waals surface area (Å²) in [6.07, 6.45) is 2.03. The van der Waals surface area contributed by atoms with Crippen LogP contribution in [0.3, 0.4) is 0 Å². The summed E-state index contributed by atoms with van der Waals surface area (Å²) in [7, 11) is 1.66. The molecule has 2 aromatic rings. The van der Waals surface area contributed by atoms with Gasteiger partial charge < -0.3 is 10.5 Å². The molecule has 0 aliphatic heterocycles. The molecule has 0 spiro atoms. The van der Waals surface area contributed by atoms with Crippen molar-refractivity contribution >= 4 is 29.1 Å². The normalized spacial score (nSPS) is 10.4. The Morgan fingerprint density at radius 2 is 2.00 bits per heavy atom. The van der Waals surface area contributed by atoms with E-state index in [1.165, 1.54) is 0 Å². The Balaban J connectivity index is 2.72. The summed E-state index contributed by atoms with van der Waals surface area (Å²) in [5.74, 6) is 0.802. The number of hydrogen-bond acceptors (Lipinski definition) is 3. The van der Waals surface area contributed by atoms with Crippen LogP contribution < -0.4 is 10.5 Å². The van der Waals surface area contributed by atoms with Crippen LogP contribution in [0.1, 0.15) is 0 Å². The van der Waals surface area contributed by atoms with E-state index < -0.39 is 0 Å². The van der Waals surface area contributed by atoms with Crippen molar-refractivity contribution in [2.24, 2.45) is 0 Å². The van der Waals surface area contributed by atoms with Crippen LogP contribution in [-0.4, -0.2) is 13.4 Å². The molecule has 2 N–H and O–H groups in total. The molecule has 2 nitrogen and oxygen atoms in total. The van der Waals surface area contributed by atoms with Gasteiger partial charge in [-0.05, 0) is 36.6 Å². The molecule has 0 bridgehead atoms. The maximum absolute atomic E-state index is 6.05. The molecular formula is C14H14ClNOS. The zero-order valence-electron chi connectivity index (χ0n) is 10.2. The number of nitrogens with two attached hydrogens (primary N) is 1. The first kappa shape index (κ1) is 13.1. The van der Waals surface area contributed by atoms with Gasteiger partial charge in [0, 0.05) is 26.7 Å². The Morgan fingerprint density at radius 1 is 1.22 bits per heavy atom. The van der Waals surface area contributed by atoms with E-state index in [4.69, 9.17) is 22.1 Å². The van der Waals surface area contributed by atoms with E-state index in [0.29, 0.717) is 10.7 Å².